The second-order valence-electron chi connectivity index (χ2n) is 6.23. The molecule has 10 nitrogen and oxygen atoms in total. The molecule has 0 aromatic carbocycles. The van der Waals surface area contributed by atoms with Crippen molar-refractivity contribution in [1.29, 1.82) is 0 Å². The first kappa shape index (κ1) is 19.9. The second-order valence-corrected chi connectivity index (χ2v) is 6.23. The average Bonchev–Trinajstić information content (AvgIpc) is 2.67. The molecule has 0 aromatic heterocycles. The molecule has 7 N–H and O–H groups in total. The van der Waals surface area contributed by atoms with Gasteiger partial charge in [-0.25, -0.2) is 0 Å². The minimum Gasteiger partial charge on any atom is -0.394 e. The summed E-state index contributed by atoms with van der Waals surface area (Å²) >= 11 is 0. The SMILES string of the molecule is C[C@@H]1OC(CO)[C@H](O)C(O)CC1O[C@@H]1OC(CO)[C@H](O)C(O)C1O. The fraction of sp³-hybridized carbons (Fsp3) is 1.00. The molecule has 142 valence electrons. The maximum atomic E-state index is 9.99. The van der Waals surface area contributed by atoms with Crippen LogP contribution in [0.25, 0.3) is 0 Å². The van der Waals surface area contributed by atoms with Gasteiger partial charge in [0.15, 0.2) is 6.29 Å². The molecule has 10 atom stereocenters. The van der Waals surface area contributed by atoms with Crippen LogP contribution in [0.15, 0.2) is 0 Å². The number of aliphatic hydroxyl groups is 7. The lowest BCUT2D eigenvalue weighted by Gasteiger charge is -2.41. The smallest absolute Gasteiger partial charge is 0.187 e. The highest BCUT2D eigenvalue weighted by molar-refractivity contribution is 4.91. The van der Waals surface area contributed by atoms with Crippen LogP contribution in [-0.4, -0.2) is 110 Å². The maximum Gasteiger partial charge on any atom is 0.187 e. The monoisotopic (exact) mass is 354 g/mol. The van der Waals surface area contributed by atoms with Crippen molar-refractivity contribution in [1.82, 2.24) is 0 Å². The van der Waals surface area contributed by atoms with Crippen LogP contribution in [0, 0.1) is 0 Å². The van der Waals surface area contributed by atoms with Crippen LogP contribution in [0.4, 0.5) is 0 Å². The van der Waals surface area contributed by atoms with E-state index in [1.807, 2.05) is 0 Å². The van der Waals surface area contributed by atoms with E-state index >= 15 is 0 Å². The van der Waals surface area contributed by atoms with Crippen molar-refractivity contribution in [3.8, 4) is 0 Å². The summed E-state index contributed by atoms with van der Waals surface area (Å²) in [6.45, 7) is 0.521. The highest BCUT2D eigenvalue weighted by atomic mass is 16.7. The number of hydrogen-bond acceptors (Lipinski definition) is 10. The zero-order chi connectivity index (χ0) is 18.0. The van der Waals surface area contributed by atoms with Gasteiger partial charge < -0.3 is 50.0 Å². The minimum atomic E-state index is -1.58. The summed E-state index contributed by atoms with van der Waals surface area (Å²) in [6.07, 6.45) is -12.2. The van der Waals surface area contributed by atoms with Gasteiger partial charge in [0.05, 0.1) is 31.5 Å². The van der Waals surface area contributed by atoms with Crippen LogP contribution in [-0.2, 0) is 14.2 Å². The Morgan fingerprint density at radius 1 is 0.833 bits per heavy atom. The van der Waals surface area contributed by atoms with Crippen molar-refractivity contribution in [3.05, 3.63) is 0 Å². The third-order valence-electron chi connectivity index (χ3n) is 4.50. The Hall–Kier alpha value is -0.400. The van der Waals surface area contributed by atoms with Gasteiger partial charge in [-0.1, -0.05) is 0 Å². The first-order valence-electron chi connectivity index (χ1n) is 7.88. The van der Waals surface area contributed by atoms with Crippen molar-refractivity contribution in [3.63, 3.8) is 0 Å². The van der Waals surface area contributed by atoms with E-state index in [4.69, 9.17) is 14.2 Å². The third kappa shape index (κ3) is 4.05. The third-order valence-corrected chi connectivity index (χ3v) is 4.50. The molecule has 0 amide bonds. The molecular formula is C14H26O10. The first-order valence-corrected chi connectivity index (χ1v) is 7.88. The molecule has 2 rings (SSSR count). The van der Waals surface area contributed by atoms with E-state index in [0.29, 0.717) is 0 Å². The maximum absolute atomic E-state index is 9.99. The molecule has 0 bridgehead atoms. The molecule has 0 radical (unpaired) electrons. The lowest BCUT2D eigenvalue weighted by molar-refractivity contribution is -0.318. The van der Waals surface area contributed by atoms with Crippen molar-refractivity contribution in [2.24, 2.45) is 0 Å². The molecule has 2 aliphatic heterocycles. The van der Waals surface area contributed by atoms with Crippen molar-refractivity contribution < 1.29 is 50.0 Å². The van der Waals surface area contributed by atoms with Crippen LogP contribution in [0.3, 0.4) is 0 Å². The molecule has 0 aliphatic carbocycles. The number of ether oxygens (including phenoxy) is 3. The van der Waals surface area contributed by atoms with Gasteiger partial charge in [0.25, 0.3) is 0 Å². The van der Waals surface area contributed by atoms with E-state index in [1.165, 1.54) is 0 Å². The zero-order valence-corrected chi connectivity index (χ0v) is 13.3. The van der Waals surface area contributed by atoms with E-state index in [2.05, 4.69) is 0 Å². The van der Waals surface area contributed by atoms with E-state index in [-0.39, 0.29) is 6.42 Å². The highest BCUT2D eigenvalue weighted by Crippen LogP contribution is 2.28. The predicted octanol–water partition coefficient (Wildman–Crippen LogP) is -3.94. The fourth-order valence-electron chi connectivity index (χ4n) is 2.93. The Labute approximate surface area is 138 Å². The molecule has 24 heavy (non-hydrogen) atoms. The number of hydrogen-bond donors (Lipinski definition) is 7. The Morgan fingerprint density at radius 2 is 1.42 bits per heavy atom. The number of rotatable bonds is 4. The van der Waals surface area contributed by atoms with Crippen LogP contribution >= 0.6 is 0 Å². The topological polar surface area (TPSA) is 169 Å². The van der Waals surface area contributed by atoms with E-state index < -0.39 is 74.4 Å². The molecular weight excluding hydrogens is 328 g/mol. The molecule has 2 fully saturated rings. The summed E-state index contributed by atoms with van der Waals surface area (Å²) < 4.78 is 16.3. The van der Waals surface area contributed by atoms with Crippen LogP contribution in [0.2, 0.25) is 0 Å². The van der Waals surface area contributed by atoms with Gasteiger partial charge >= 0.3 is 0 Å². The lowest BCUT2D eigenvalue weighted by atomic mass is 9.98. The van der Waals surface area contributed by atoms with E-state index in [1.54, 1.807) is 6.92 Å². The summed E-state index contributed by atoms with van der Waals surface area (Å²) in [4.78, 5) is 0. The summed E-state index contributed by atoms with van der Waals surface area (Å²) in [5, 5.41) is 67.8. The van der Waals surface area contributed by atoms with Gasteiger partial charge in [-0.05, 0) is 6.92 Å². The van der Waals surface area contributed by atoms with Gasteiger partial charge in [-0.2, -0.15) is 0 Å². The quantitative estimate of drug-likeness (QED) is 0.264. The van der Waals surface area contributed by atoms with Gasteiger partial charge in [-0.15, -0.1) is 0 Å². The molecule has 10 heteroatoms. The standard InChI is InChI=1S/C14H26O10/c1-5-7(2-6(17)10(18)8(3-15)22-5)23-14-13(21)12(20)11(19)9(4-16)24-14/h5-21H,2-4H2,1H3/t5-,6?,7?,8?,9?,10+,11-,12?,13?,14+/m0/s1. The molecule has 0 spiro atoms. The number of aliphatic hydroxyl groups excluding tert-OH is 7. The molecule has 0 aromatic rings. The predicted molar refractivity (Wildman–Crippen MR) is 76.7 cm³/mol. The van der Waals surface area contributed by atoms with Crippen LogP contribution < -0.4 is 0 Å². The zero-order valence-electron chi connectivity index (χ0n) is 13.3. The molecule has 6 unspecified atom stereocenters. The second kappa shape index (κ2) is 8.32. The lowest BCUT2D eigenvalue weighted by Crippen LogP contribution is -2.60. The summed E-state index contributed by atoms with van der Waals surface area (Å²) in [6, 6.07) is 0. The normalized spacial score (nSPS) is 50.5. The summed E-state index contributed by atoms with van der Waals surface area (Å²) in [5.41, 5.74) is 0. The summed E-state index contributed by atoms with van der Waals surface area (Å²) in [5.74, 6) is 0. The van der Waals surface area contributed by atoms with Crippen LogP contribution in [0.1, 0.15) is 13.3 Å². The minimum absolute atomic E-state index is 0.0617. The molecule has 2 aliphatic rings. The first-order chi connectivity index (χ1) is 11.3. The highest BCUT2D eigenvalue weighted by Gasteiger charge is 2.46. The van der Waals surface area contributed by atoms with Gasteiger partial charge in [0.1, 0.15) is 36.6 Å². The Morgan fingerprint density at radius 3 is 2.00 bits per heavy atom. The van der Waals surface area contributed by atoms with Crippen molar-refractivity contribution in [2.75, 3.05) is 13.2 Å². The van der Waals surface area contributed by atoms with Gasteiger partial charge in [0.2, 0.25) is 0 Å². The Bertz CT molecular complexity index is 394. The van der Waals surface area contributed by atoms with Gasteiger partial charge in [-0.3, -0.25) is 0 Å². The molecule has 0 saturated carbocycles. The van der Waals surface area contributed by atoms with Gasteiger partial charge in [0, 0.05) is 6.42 Å². The fourth-order valence-corrected chi connectivity index (χ4v) is 2.93. The molecule has 2 heterocycles. The van der Waals surface area contributed by atoms with E-state index in [0.717, 1.165) is 0 Å². The Balaban J connectivity index is 2.08. The summed E-state index contributed by atoms with van der Waals surface area (Å²) in [7, 11) is 0. The molecule has 2 saturated heterocycles. The average molecular weight is 354 g/mol. The largest absolute Gasteiger partial charge is 0.394 e. The Kier molecular flexibility index (Phi) is 6.90. The van der Waals surface area contributed by atoms with Crippen molar-refractivity contribution in [2.45, 2.75) is 74.6 Å². The van der Waals surface area contributed by atoms with E-state index in [9.17, 15) is 35.7 Å². The van der Waals surface area contributed by atoms with Crippen molar-refractivity contribution >= 4 is 0 Å². The van der Waals surface area contributed by atoms with Crippen LogP contribution in [0.5, 0.6) is 0 Å².